The van der Waals surface area contributed by atoms with Crippen LogP contribution >= 0.6 is 0 Å². The van der Waals surface area contributed by atoms with E-state index in [2.05, 4.69) is 15.6 Å². The molecule has 3 rings (SSSR count). The van der Waals surface area contributed by atoms with Crippen LogP contribution in [-0.4, -0.2) is 16.8 Å². The molecule has 3 N–H and O–H groups in total. The number of carbonyl (C=O) groups excluding carboxylic acids is 2. The minimum absolute atomic E-state index is 0.145. The monoisotopic (exact) mass is 335 g/mol. The van der Waals surface area contributed by atoms with Crippen molar-refractivity contribution in [3.05, 3.63) is 58.8 Å². The Morgan fingerprint density at radius 3 is 2.20 bits per heavy atom. The third-order valence-electron chi connectivity index (χ3n) is 4.48. The van der Waals surface area contributed by atoms with Crippen molar-refractivity contribution >= 4 is 34.1 Å². The Morgan fingerprint density at radius 1 is 0.880 bits per heavy atom. The highest BCUT2D eigenvalue weighted by molar-refractivity contribution is 6.13. The van der Waals surface area contributed by atoms with Crippen LogP contribution in [0.15, 0.2) is 36.4 Å². The summed E-state index contributed by atoms with van der Waals surface area (Å²) >= 11 is 0. The largest absolute Gasteiger partial charge is 0.358 e. The zero-order chi connectivity index (χ0) is 18.1. The molecule has 2 aromatic carbocycles. The number of nitrogens with one attached hydrogen (secondary N) is 3. The van der Waals surface area contributed by atoms with Gasteiger partial charge in [0.2, 0.25) is 5.91 Å². The van der Waals surface area contributed by atoms with Crippen LogP contribution in [0.3, 0.4) is 0 Å². The van der Waals surface area contributed by atoms with Crippen LogP contribution < -0.4 is 10.6 Å². The molecule has 2 amide bonds. The number of hydrogen-bond acceptors (Lipinski definition) is 2. The molecular formula is C20H21N3O2. The van der Waals surface area contributed by atoms with Gasteiger partial charge in [-0.25, -0.2) is 0 Å². The summed E-state index contributed by atoms with van der Waals surface area (Å²) in [5.41, 5.74) is 5.82. The van der Waals surface area contributed by atoms with Crippen molar-refractivity contribution in [3.63, 3.8) is 0 Å². The molecule has 3 aromatic rings. The van der Waals surface area contributed by atoms with Gasteiger partial charge in [-0.3, -0.25) is 9.59 Å². The molecule has 0 fully saturated rings. The number of para-hydroxylation sites is 1. The van der Waals surface area contributed by atoms with Gasteiger partial charge >= 0.3 is 0 Å². The predicted molar refractivity (Wildman–Crippen MR) is 101 cm³/mol. The lowest BCUT2D eigenvalue weighted by Gasteiger charge is -2.13. The number of H-pyrrole nitrogens is 1. The van der Waals surface area contributed by atoms with Gasteiger partial charge in [-0.2, -0.15) is 0 Å². The van der Waals surface area contributed by atoms with E-state index in [1.807, 2.05) is 45.0 Å². The van der Waals surface area contributed by atoms with Crippen molar-refractivity contribution in [2.45, 2.75) is 27.7 Å². The van der Waals surface area contributed by atoms with Crippen LogP contribution in [0, 0.1) is 20.8 Å². The Balaban J connectivity index is 1.96. The van der Waals surface area contributed by atoms with Crippen LogP contribution in [0.25, 0.3) is 10.9 Å². The third kappa shape index (κ3) is 3.13. The van der Waals surface area contributed by atoms with Gasteiger partial charge in [-0.15, -0.1) is 0 Å². The van der Waals surface area contributed by atoms with E-state index in [-0.39, 0.29) is 11.8 Å². The molecule has 0 atom stereocenters. The third-order valence-corrected chi connectivity index (χ3v) is 4.48. The fraction of sp³-hybridized carbons (Fsp3) is 0.200. The van der Waals surface area contributed by atoms with Gasteiger partial charge in [-0.1, -0.05) is 18.2 Å². The number of aromatic nitrogens is 1. The Morgan fingerprint density at radius 2 is 1.52 bits per heavy atom. The van der Waals surface area contributed by atoms with E-state index < -0.39 is 0 Å². The van der Waals surface area contributed by atoms with Crippen molar-refractivity contribution in [2.75, 3.05) is 10.6 Å². The Bertz CT molecular complexity index is 986. The molecule has 0 spiro atoms. The molecule has 0 unspecified atom stereocenters. The molecule has 25 heavy (non-hydrogen) atoms. The van der Waals surface area contributed by atoms with Gasteiger partial charge in [0, 0.05) is 29.4 Å². The Kier molecular flexibility index (Phi) is 4.31. The van der Waals surface area contributed by atoms with Crippen molar-refractivity contribution in [3.8, 4) is 0 Å². The lowest BCUT2D eigenvalue weighted by Crippen LogP contribution is -2.14. The van der Waals surface area contributed by atoms with Crippen molar-refractivity contribution in [2.24, 2.45) is 0 Å². The minimum Gasteiger partial charge on any atom is -0.358 e. The molecule has 0 aliphatic carbocycles. The number of aryl methyl sites for hydroxylation is 2. The zero-order valence-electron chi connectivity index (χ0n) is 14.8. The summed E-state index contributed by atoms with van der Waals surface area (Å²) in [6.07, 6.45) is 0. The SMILES string of the molecule is CC(=O)Nc1cccc(NC(=O)c2cccc3c(C)c(C)[nH]c23)c1C. The van der Waals surface area contributed by atoms with Crippen molar-refractivity contribution < 1.29 is 9.59 Å². The number of rotatable bonds is 3. The molecule has 1 aromatic heterocycles. The highest BCUT2D eigenvalue weighted by Crippen LogP contribution is 2.27. The molecule has 5 nitrogen and oxygen atoms in total. The van der Waals surface area contributed by atoms with Gasteiger partial charge in [0.25, 0.3) is 5.91 Å². The van der Waals surface area contributed by atoms with Crippen LogP contribution in [0.4, 0.5) is 11.4 Å². The van der Waals surface area contributed by atoms with Crippen molar-refractivity contribution in [1.29, 1.82) is 0 Å². The lowest BCUT2D eigenvalue weighted by molar-refractivity contribution is -0.114. The van der Waals surface area contributed by atoms with E-state index in [9.17, 15) is 9.59 Å². The van der Waals surface area contributed by atoms with Crippen molar-refractivity contribution in [1.82, 2.24) is 4.98 Å². The van der Waals surface area contributed by atoms with E-state index in [4.69, 9.17) is 0 Å². The number of hydrogen-bond donors (Lipinski definition) is 3. The van der Waals surface area contributed by atoms with E-state index in [1.54, 1.807) is 12.1 Å². The smallest absolute Gasteiger partial charge is 0.257 e. The van der Waals surface area contributed by atoms with Crippen LogP contribution in [0.2, 0.25) is 0 Å². The molecule has 0 aliphatic heterocycles. The maximum atomic E-state index is 12.8. The van der Waals surface area contributed by atoms with Crippen LogP contribution in [0.1, 0.15) is 34.1 Å². The number of anilines is 2. The standard InChI is InChI=1S/C20H21N3O2/c1-11-13(3)21-19-15(11)7-5-8-16(19)20(25)23-18-10-6-9-17(12(18)2)22-14(4)24/h5-10,21H,1-4H3,(H,22,24)(H,23,25). The lowest BCUT2D eigenvalue weighted by atomic mass is 10.1. The summed E-state index contributed by atoms with van der Waals surface area (Å²) < 4.78 is 0. The summed E-state index contributed by atoms with van der Waals surface area (Å²) in [7, 11) is 0. The van der Waals surface area contributed by atoms with Crippen LogP contribution in [-0.2, 0) is 4.79 Å². The molecule has 0 bridgehead atoms. The van der Waals surface area contributed by atoms with E-state index in [0.29, 0.717) is 16.9 Å². The molecule has 0 saturated heterocycles. The van der Waals surface area contributed by atoms with Gasteiger partial charge < -0.3 is 15.6 Å². The second-order valence-electron chi connectivity index (χ2n) is 6.22. The summed E-state index contributed by atoms with van der Waals surface area (Å²) in [4.78, 5) is 27.4. The van der Waals surface area contributed by atoms with E-state index in [1.165, 1.54) is 6.92 Å². The number of benzene rings is 2. The van der Waals surface area contributed by atoms with Gasteiger partial charge in [0.05, 0.1) is 11.1 Å². The first-order valence-electron chi connectivity index (χ1n) is 8.15. The summed E-state index contributed by atoms with van der Waals surface area (Å²) in [5.74, 6) is -0.330. The second-order valence-corrected chi connectivity index (χ2v) is 6.22. The maximum Gasteiger partial charge on any atom is 0.257 e. The quantitative estimate of drug-likeness (QED) is 0.667. The topological polar surface area (TPSA) is 74.0 Å². The van der Waals surface area contributed by atoms with Gasteiger partial charge in [-0.05, 0) is 50.1 Å². The molecular weight excluding hydrogens is 314 g/mol. The number of carbonyl (C=O) groups is 2. The normalized spacial score (nSPS) is 10.7. The highest BCUT2D eigenvalue weighted by atomic mass is 16.2. The molecule has 0 aliphatic rings. The highest BCUT2D eigenvalue weighted by Gasteiger charge is 2.15. The van der Waals surface area contributed by atoms with Gasteiger partial charge in [0.15, 0.2) is 0 Å². The fourth-order valence-electron chi connectivity index (χ4n) is 2.96. The van der Waals surface area contributed by atoms with E-state index in [0.717, 1.165) is 27.7 Å². The Labute approximate surface area is 146 Å². The number of fused-ring (bicyclic) bond motifs is 1. The van der Waals surface area contributed by atoms with E-state index >= 15 is 0 Å². The molecule has 0 saturated carbocycles. The molecule has 1 heterocycles. The van der Waals surface area contributed by atoms with Gasteiger partial charge in [0.1, 0.15) is 0 Å². The Hall–Kier alpha value is -3.08. The average molecular weight is 335 g/mol. The average Bonchev–Trinajstić information content (AvgIpc) is 2.85. The molecule has 128 valence electrons. The molecule has 5 heteroatoms. The predicted octanol–water partition coefficient (Wildman–Crippen LogP) is 4.30. The first-order chi connectivity index (χ1) is 11.9. The number of aromatic amines is 1. The minimum atomic E-state index is -0.185. The fourth-order valence-corrected chi connectivity index (χ4v) is 2.96. The molecule has 0 radical (unpaired) electrons. The summed E-state index contributed by atoms with van der Waals surface area (Å²) in [6, 6.07) is 11.1. The van der Waals surface area contributed by atoms with Crippen LogP contribution in [0.5, 0.6) is 0 Å². The summed E-state index contributed by atoms with van der Waals surface area (Å²) in [5, 5.41) is 6.77. The zero-order valence-corrected chi connectivity index (χ0v) is 14.8. The maximum absolute atomic E-state index is 12.8. The second kappa shape index (κ2) is 6.43. The first kappa shape index (κ1) is 16.8. The summed E-state index contributed by atoms with van der Waals surface area (Å²) in [6.45, 7) is 7.36. The first-order valence-corrected chi connectivity index (χ1v) is 8.15. The number of amides is 2.